The summed E-state index contributed by atoms with van der Waals surface area (Å²) >= 11 is 1.58. The van der Waals surface area contributed by atoms with Gasteiger partial charge in [0.2, 0.25) is 0 Å². The number of fused-ring (bicyclic) bond motifs is 3. The first-order valence-electron chi connectivity index (χ1n) is 5.69. The molecule has 1 aliphatic rings. The zero-order valence-corrected chi connectivity index (χ0v) is 10.1. The van der Waals surface area contributed by atoms with E-state index in [1.165, 1.54) is 10.4 Å². The molecule has 0 atom stereocenters. The average molecular weight is 244 g/mol. The number of aromatic carboxylic acids is 1. The second-order valence-electron chi connectivity index (χ2n) is 4.26. The Bertz CT molecular complexity index is 584. The van der Waals surface area contributed by atoms with Crippen LogP contribution < -0.4 is 0 Å². The molecule has 0 saturated carbocycles. The molecule has 1 aromatic carbocycles. The standard InChI is InChI=1S/C14H12O2S/c15-14(16)11-8-17-12-7-3-5-9-4-1-2-6-10(9)13(11)12/h1-2,4,6,8H,3,5,7H2,(H,15,16). The van der Waals surface area contributed by atoms with Gasteiger partial charge in [-0.15, -0.1) is 11.3 Å². The SMILES string of the molecule is O=C(O)c1csc2c1-c1ccccc1CCC2. The molecule has 0 aliphatic heterocycles. The predicted molar refractivity (Wildman–Crippen MR) is 68.7 cm³/mol. The van der Waals surface area contributed by atoms with Crippen molar-refractivity contribution in [2.75, 3.05) is 0 Å². The van der Waals surface area contributed by atoms with E-state index in [0.717, 1.165) is 30.4 Å². The Kier molecular flexibility index (Phi) is 2.48. The normalized spacial score (nSPS) is 13.6. The fraction of sp³-hybridized carbons (Fsp3) is 0.214. The van der Waals surface area contributed by atoms with Crippen LogP contribution in [0.5, 0.6) is 0 Å². The molecular weight excluding hydrogens is 232 g/mol. The van der Waals surface area contributed by atoms with Gasteiger partial charge in [0.1, 0.15) is 0 Å². The second-order valence-corrected chi connectivity index (χ2v) is 5.23. The van der Waals surface area contributed by atoms with Crippen LogP contribution in [0.4, 0.5) is 0 Å². The molecule has 0 spiro atoms. The minimum Gasteiger partial charge on any atom is -0.478 e. The summed E-state index contributed by atoms with van der Waals surface area (Å²) in [5.41, 5.74) is 3.79. The number of carbonyl (C=O) groups is 1. The van der Waals surface area contributed by atoms with Crippen LogP contribution >= 0.6 is 11.3 Å². The molecule has 1 aliphatic carbocycles. The highest BCUT2D eigenvalue weighted by Gasteiger charge is 2.22. The molecule has 1 aromatic heterocycles. The first kappa shape index (κ1) is 10.5. The smallest absolute Gasteiger partial charge is 0.337 e. The number of rotatable bonds is 1. The van der Waals surface area contributed by atoms with E-state index in [-0.39, 0.29) is 0 Å². The van der Waals surface area contributed by atoms with E-state index >= 15 is 0 Å². The lowest BCUT2D eigenvalue weighted by Crippen LogP contribution is -1.97. The summed E-state index contributed by atoms with van der Waals surface area (Å²) in [6, 6.07) is 8.15. The first-order chi connectivity index (χ1) is 8.27. The van der Waals surface area contributed by atoms with Crippen molar-refractivity contribution in [3.05, 3.63) is 45.6 Å². The Morgan fingerprint density at radius 3 is 2.88 bits per heavy atom. The van der Waals surface area contributed by atoms with Crippen LogP contribution in [0.15, 0.2) is 29.6 Å². The highest BCUT2D eigenvalue weighted by molar-refractivity contribution is 7.10. The number of carboxylic acid groups (broad SMARTS) is 1. The van der Waals surface area contributed by atoms with E-state index in [4.69, 9.17) is 0 Å². The van der Waals surface area contributed by atoms with Gasteiger partial charge in [0.25, 0.3) is 0 Å². The van der Waals surface area contributed by atoms with Crippen LogP contribution in [0.3, 0.4) is 0 Å². The second kappa shape index (κ2) is 4.00. The molecule has 2 nitrogen and oxygen atoms in total. The lowest BCUT2D eigenvalue weighted by atomic mass is 9.97. The summed E-state index contributed by atoms with van der Waals surface area (Å²) in [5, 5.41) is 11.0. The Morgan fingerprint density at radius 1 is 1.24 bits per heavy atom. The van der Waals surface area contributed by atoms with Crippen molar-refractivity contribution < 1.29 is 9.90 Å². The van der Waals surface area contributed by atoms with Gasteiger partial charge in [0.15, 0.2) is 0 Å². The van der Waals surface area contributed by atoms with Gasteiger partial charge in [-0.25, -0.2) is 4.79 Å². The van der Waals surface area contributed by atoms with Gasteiger partial charge < -0.3 is 5.11 Å². The molecular formula is C14H12O2S. The van der Waals surface area contributed by atoms with Gasteiger partial charge >= 0.3 is 5.97 Å². The van der Waals surface area contributed by atoms with Crippen molar-refractivity contribution in [3.63, 3.8) is 0 Å². The number of thiophene rings is 1. The first-order valence-corrected chi connectivity index (χ1v) is 6.57. The van der Waals surface area contributed by atoms with Crippen molar-refractivity contribution >= 4 is 17.3 Å². The highest BCUT2D eigenvalue weighted by atomic mass is 32.1. The molecule has 0 saturated heterocycles. The van der Waals surface area contributed by atoms with Crippen LogP contribution in [0.2, 0.25) is 0 Å². The van der Waals surface area contributed by atoms with E-state index < -0.39 is 5.97 Å². The molecule has 0 fully saturated rings. The van der Waals surface area contributed by atoms with Crippen molar-refractivity contribution in [2.45, 2.75) is 19.3 Å². The number of hydrogen-bond acceptors (Lipinski definition) is 2. The topological polar surface area (TPSA) is 37.3 Å². The molecule has 1 heterocycles. The van der Waals surface area contributed by atoms with Crippen molar-refractivity contribution in [2.24, 2.45) is 0 Å². The number of aryl methyl sites for hydroxylation is 2. The minimum atomic E-state index is -0.820. The summed E-state index contributed by atoms with van der Waals surface area (Å²) < 4.78 is 0. The summed E-state index contributed by atoms with van der Waals surface area (Å²) in [6.07, 6.45) is 3.13. The van der Waals surface area contributed by atoms with Gasteiger partial charge in [-0.1, -0.05) is 24.3 Å². The van der Waals surface area contributed by atoms with E-state index in [0.29, 0.717) is 5.56 Å². The third kappa shape index (κ3) is 1.67. The lowest BCUT2D eigenvalue weighted by Gasteiger charge is -2.06. The zero-order chi connectivity index (χ0) is 11.8. The third-order valence-corrected chi connectivity index (χ3v) is 4.28. The Hall–Kier alpha value is -1.61. The van der Waals surface area contributed by atoms with Crippen LogP contribution in [0, 0.1) is 0 Å². The Labute approximate surface area is 104 Å². The molecule has 0 unspecified atom stereocenters. The fourth-order valence-corrected chi connectivity index (χ4v) is 3.53. The van der Waals surface area contributed by atoms with E-state index in [1.807, 2.05) is 18.2 Å². The highest BCUT2D eigenvalue weighted by Crippen LogP contribution is 2.38. The van der Waals surface area contributed by atoms with Crippen molar-refractivity contribution in [1.29, 1.82) is 0 Å². The molecule has 0 bridgehead atoms. The molecule has 0 amide bonds. The van der Waals surface area contributed by atoms with Crippen molar-refractivity contribution in [1.82, 2.24) is 0 Å². The fourth-order valence-electron chi connectivity index (χ4n) is 2.46. The van der Waals surface area contributed by atoms with Gasteiger partial charge in [-0.2, -0.15) is 0 Å². The molecule has 2 aromatic rings. The maximum Gasteiger partial charge on any atom is 0.337 e. The van der Waals surface area contributed by atoms with Crippen molar-refractivity contribution in [3.8, 4) is 11.1 Å². The van der Waals surface area contributed by atoms with E-state index in [9.17, 15) is 9.90 Å². The Morgan fingerprint density at radius 2 is 2.06 bits per heavy atom. The number of carboxylic acids is 1. The molecule has 3 rings (SSSR count). The monoisotopic (exact) mass is 244 g/mol. The molecule has 17 heavy (non-hydrogen) atoms. The quantitative estimate of drug-likeness (QED) is 0.832. The summed E-state index contributed by atoms with van der Waals surface area (Å²) in [6.45, 7) is 0. The van der Waals surface area contributed by atoms with E-state index in [2.05, 4.69) is 6.07 Å². The zero-order valence-electron chi connectivity index (χ0n) is 9.27. The molecule has 1 N–H and O–H groups in total. The maximum absolute atomic E-state index is 11.3. The number of benzene rings is 1. The predicted octanol–water partition coefficient (Wildman–Crippen LogP) is 3.60. The minimum absolute atomic E-state index is 0.458. The van der Waals surface area contributed by atoms with Gasteiger partial charge in [0, 0.05) is 15.8 Å². The largest absolute Gasteiger partial charge is 0.478 e. The lowest BCUT2D eigenvalue weighted by molar-refractivity contribution is 0.0698. The molecule has 0 radical (unpaired) electrons. The van der Waals surface area contributed by atoms with Crippen LogP contribution in [-0.4, -0.2) is 11.1 Å². The van der Waals surface area contributed by atoms with Crippen LogP contribution in [0.25, 0.3) is 11.1 Å². The number of hydrogen-bond donors (Lipinski definition) is 1. The van der Waals surface area contributed by atoms with Gasteiger partial charge in [-0.3, -0.25) is 0 Å². The third-order valence-electron chi connectivity index (χ3n) is 3.23. The van der Waals surface area contributed by atoms with Crippen LogP contribution in [-0.2, 0) is 12.8 Å². The van der Waals surface area contributed by atoms with Gasteiger partial charge in [0.05, 0.1) is 5.56 Å². The maximum atomic E-state index is 11.3. The molecule has 3 heteroatoms. The summed E-state index contributed by atoms with van der Waals surface area (Å²) in [4.78, 5) is 12.5. The molecule has 86 valence electrons. The van der Waals surface area contributed by atoms with E-state index in [1.54, 1.807) is 16.7 Å². The average Bonchev–Trinajstić information content (AvgIpc) is 2.66. The van der Waals surface area contributed by atoms with Crippen LogP contribution in [0.1, 0.15) is 27.2 Å². The van der Waals surface area contributed by atoms with Gasteiger partial charge in [-0.05, 0) is 30.4 Å². The summed E-state index contributed by atoms with van der Waals surface area (Å²) in [5.74, 6) is -0.820. The Balaban J connectivity index is 2.30. The summed E-state index contributed by atoms with van der Waals surface area (Å²) in [7, 11) is 0.